The number of hydrogen-bond acceptors (Lipinski definition) is 6. The van der Waals surface area contributed by atoms with Gasteiger partial charge >= 0.3 is 28.2 Å². The minimum Gasteiger partial charge on any atom is -0.379 e. The number of anilines is 6. The summed E-state index contributed by atoms with van der Waals surface area (Å²) in [4.78, 5) is 37.2. The van der Waals surface area contributed by atoms with Crippen molar-refractivity contribution in [2.45, 2.75) is 4.90 Å². The molecule has 0 aliphatic rings. The second-order valence-corrected chi connectivity index (χ2v) is 11.1. The molecule has 13 heteroatoms. The van der Waals surface area contributed by atoms with Crippen molar-refractivity contribution in [3.05, 3.63) is 133 Å². The number of carbonyl (C=O) groups excluding carboxylic acids is 3. The Kier molecular flexibility index (Phi) is 9.75. The molecule has 0 fully saturated rings. The monoisotopic (exact) mass is 636 g/mol. The van der Waals surface area contributed by atoms with Gasteiger partial charge in [0.25, 0.3) is 0 Å². The number of rotatable bonds is 9. The molecule has 0 aromatic heterocycles. The van der Waals surface area contributed by atoms with Crippen LogP contribution in [0.3, 0.4) is 0 Å². The lowest BCUT2D eigenvalue weighted by Crippen LogP contribution is -2.23. The maximum absolute atomic E-state index is 13.6. The van der Waals surface area contributed by atoms with Crippen LogP contribution in [0.5, 0.6) is 5.75 Å². The van der Waals surface area contributed by atoms with E-state index in [1.54, 1.807) is 84.9 Å². The third-order valence-electron chi connectivity index (χ3n) is 6.17. The Labute approximate surface area is 264 Å². The van der Waals surface area contributed by atoms with E-state index in [2.05, 4.69) is 31.9 Å². The van der Waals surface area contributed by atoms with E-state index in [0.717, 1.165) is 0 Å². The number of hydrogen-bond donors (Lipinski definition) is 6. The first-order valence-electron chi connectivity index (χ1n) is 13.8. The van der Waals surface area contributed by atoms with Gasteiger partial charge in [0.1, 0.15) is 10.6 Å². The second kappa shape index (κ2) is 14.4. The molecule has 0 bridgehead atoms. The van der Waals surface area contributed by atoms with Gasteiger partial charge in [0.05, 0.1) is 5.69 Å². The third-order valence-corrected chi connectivity index (χ3v) is 7.46. The second-order valence-electron chi connectivity index (χ2n) is 9.61. The average molecular weight is 637 g/mol. The minimum atomic E-state index is -4.57. The molecule has 0 radical (unpaired) electrons. The first kappa shape index (κ1) is 31.1. The molecular weight excluding hydrogens is 608 g/mol. The number of amides is 6. The largest absolute Gasteiger partial charge is 0.379 e. The molecule has 0 saturated carbocycles. The number of urea groups is 3. The molecule has 46 heavy (non-hydrogen) atoms. The molecular formula is C33H28N6O6S. The summed E-state index contributed by atoms with van der Waals surface area (Å²) in [6, 6.07) is 33.9. The Hall–Kier alpha value is -6.34. The number of carbonyl (C=O) groups is 3. The Bertz CT molecular complexity index is 1920. The molecule has 0 spiro atoms. The summed E-state index contributed by atoms with van der Waals surface area (Å²) >= 11 is 0. The van der Waals surface area contributed by atoms with Gasteiger partial charge in [-0.05, 0) is 78.9 Å². The highest BCUT2D eigenvalue weighted by molar-refractivity contribution is 7.87. The smallest absolute Gasteiger partial charge is 0.341 e. The predicted molar refractivity (Wildman–Crippen MR) is 178 cm³/mol. The van der Waals surface area contributed by atoms with Crippen molar-refractivity contribution in [1.29, 1.82) is 0 Å². The van der Waals surface area contributed by atoms with Gasteiger partial charge in [0.2, 0.25) is 0 Å². The maximum Gasteiger partial charge on any atom is 0.341 e. The number of nitrogens with one attached hydrogen (secondary N) is 6. The van der Waals surface area contributed by atoms with Crippen LogP contribution in [0.4, 0.5) is 48.5 Å². The van der Waals surface area contributed by atoms with E-state index in [1.807, 2.05) is 6.07 Å². The van der Waals surface area contributed by atoms with E-state index in [4.69, 9.17) is 4.18 Å². The van der Waals surface area contributed by atoms with Gasteiger partial charge in [0, 0.05) is 28.4 Å². The Morgan fingerprint density at radius 2 is 0.804 bits per heavy atom. The summed E-state index contributed by atoms with van der Waals surface area (Å²) in [6.07, 6.45) is 0. The molecule has 0 atom stereocenters. The zero-order valence-corrected chi connectivity index (χ0v) is 24.9. The van der Waals surface area contributed by atoms with Crippen LogP contribution in [0.25, 0.3) is 0 Å². The summed E-state index contributed by atoms with van der Waals surface area (Å²) in [5, 5.41) is 15.7. The van der Waals surface area contributed by atoms with E-state index in [0.29, 0.717) is 22.7 Å². The lowest BCUT2D eigenvalue weighted by atomic mass is 10.2. The standard InChI is InChI=1S/C33H28N6O6S/c40-31(34-23-10-4-1-5-11-23)37-26-16-19-28(20-17-26)45-46(43,44)30-22-27(38-32(41)35-24-12-6-2-7-13-24)18-21-29(30)39-33(42)36-25-14-8-3-9-15-25/h1-22H,(H2,34,37,40)(H2,35,38,41)(H2,36,39,42). The molecule has 5 aromatic carbocycles. The maximum atomic E-state index is 13.6. The molecule has 0 unspecified atom stereocenters. The highest BCUT2D eigenvalue weighted by Crippen LogP contribution is 2.29. The van der Waals surface area contributed by atoms with Crippen molar-refractivity contribution in [2.75, 3.05) is 31.9 Å². The molecule has 0 heterocycles. The van der Waals surface area contributed by atoms with Crippen molar-refractivity contribution in [2.24, 2.45) is 0 Å². The van der Waals surface area contributed by atoms with Crippen LogP contribution >= 0.6 is 0 Å². The minimum absolute atomic E-state index is 0.0612. The molecule has 6 amide bonds. The normalized spacial score (nSPS) is 10.6. The summed E-state index contributed by atoms with van der Waals surface area (Å²) in [5.41, 5.74) is 2.02. The van der Waals surface area contributed by atoms with Crippen molar-refractivity contribution in [1.82, 2.24) is 0 Å². The van der Waals surface area contributed by atoms with E-state index in [9.17, 15) is 22.8 Å². The van der Waals surface area contributed by atoms with E-state index >= 15 is 0 Å². The van der Waals surface area contributed by atoms with Gasteiger partial charge in [-0.2, -0.15) is 8.42 Å². The Balaban J connectivity index is 1.33. The van der Waals surface area contributed by atoms with Crippen LogP contribution in [0.15, 0.2) is 138 Å². The van der Waals surface area contributed by atoms with E-state index in [-0.39, 0.29) is 17.1 Å². The van der Waals surface area contributed by atoms with Gasteiger partial charge in [-0.25, -0.2) is 14.4 Å². The van der Waals surface area contributed by atoms with Crippen molar-refractivity contribution in [3.8, 4) is 5.75 Å². The third kappa shape index (κ3) is 8.84. The van der Waals surface area contributed by atoms with E-state index in [1.165, 1.54) is 42.5 Å². The molecule has 232 valence electrons. The fraction of sp³-hybridized carbons (Fsp3) is 0. The number of para-hydroxylation sites is 3. The first-order chi connectivity index (χ1) is 22.2. The predicted octanol–water partition coefficient (Wildman–Crippen LogP) is 7.39. The Morgan fingerprint density at radius 3 is 1.26 bits per heavy atom. The summed E-state index contributed by atoms with van der Waals surface area (Å²) in [7, 11) is -4.57. The van der Waals surface area contributed by atoms with Gasteiger partial charge in [0.15, 0.2) is 0 Å². The first-order valence-corrected chi connectivity index (χ1v) is 15.2. The highest BCUT2D eigenvalue weighted by atomic mass is 32.2. The van der Waals surface area contributed by atoms with Crippen LogP contribution in [-0.2, 0) is 10.1 Å². The quantitative estimate of drug-likeness (QED) is 0.0923. The van der Waals surface area contributed by atoms with Crippen LogP contribution in [0, 0.1) is 0 Å². The molecule has 0 saturated heterocycles. The van der Waals surface area contributed by atoms with Crippen LogP contribution in [0.1, 0.15) is 0 Å². The molecule has 0 aliphatic heterocycles. The molecule has 5 rings (SSSR count). The van der Waals surface area contributed by atoms with Crippen LogP contribution < -0.4 is 36.1 Å². The SMILES string of the molecule is O=C(Nc1ccccc1)Nc1ccc(OS(=O)(=O)c2cc(NC(=O)Nc3ccccc3)ccc2NC(=O)Nc2ccccc2)cc1. The summed E-state index contributed by atoms with van der Waals surface area (Å²) in [5.74, 6) is -0.0612. The average Bonchev–Trinajstić information content (AvgIpc) is 3.04. The fourth-order valence-electron chi connectivity index (χ4n) is 4.11. The lowest BCUT2D eigenvalue weighted by Gasteiger charge is -2.15. The summed E-state index contributed by atoms with van der Waals surface area (Å²) < 4.78 is 32.5. The van der Waals surface area contributed by atoms with Crippen LogP contribution in [-0.4, -0.2) is 26.5 Å². The van der Waals surface area contributed by atoms with Gasteiger partial charge < -0.3 is 36.1 Å². The van der Waals surface area contributed by atoms with Gasteiger partial charge in [-0.3, -0.25) is 0 Å². The van der Waals surface area contributed by atoms with Gasteiger partial charge in [-0.1, -0.05) is 54.6 Å². The number of benzene rings is 5. The zero-order valence-electron chi connectivity index (χ0n) is 24.1. The summed E-state index contributed by atoms with van der Waals surface area (Å²) in [6.45, 7) is 0. The molecule has 6 N–H and O–H groups in total. The van der Waals surface area contributed by atoms with Crippen molar-refractivity contribution < 1.29 is 27.0 Å². The zero-order chi connectivity index (χ0) is 32.4. The molecule has 0 aliphatic carbocycles. The lowest BCUT2D eigenvalue weighted by molar-refractivity contribution is 0.261. The topological polar surface area (TPSA) is 167 Å². The van der Waals surface area contributed by atoms with Crippen molar-refractivity contribution >= 4 is 62.3 Å². The molecule has 5 aromatic rings. The van der Waals surface area contributed by atoms with Crippen molar-refractivity contribution in [3.63, 3.8) is 0 Å². The van der Waals surface area contributed by atoms with Gasteiger partial charge in [-0.15, -0.1) is 0 Å². The molecule has 12 nitrogen and oxygen atoms in total. The van der Waals surface area contributed by atoms with Crippen LogP contribution in [0.2, 0.25) is 0 Å². The van der Waals surface area contributed by atoms with E-state index < -0.39 is 33.1 Å². The highest BCUT2D eigenvalue weighted by Gasteiger charge is 2.24. The Morgan fingerprint density at radius 1 is 0.435 bits per heavy atom. The fourth-order valence-corrected chi connectivity index (χ4v) is 5.23.